The number of hydrogen-bond acceptors (Lipinski definition) is 3. The fourth-order valence-corrected chi connectivity index (χ4v) is 4.34. The van der Waals surface area contributed by atoms with Crippen molar-refractivity contribution in [2.24, 2.45) is 5.92 Å². The van der Waals surface area contributed by atoms with Crippen LogP contribution < -0.4 is 0 Å². The molecule has 4 rings (SSSR count). The average molecular weight is 342 g/mol. The molecule has 4 nitrogen and oxygen atoms in total. The Morgan fingerprint density at radius 3 is 2.60 bits per heavy atom. The molecule has 0 bridgehead atoms. The van der Waals surface area contributed by atoms with Crippen LogP contribution in [0.4, 0.5) is 0 Å². The summed E-state index contributed by atoms with van der Waals surface area (Å²) >= 11 is 0. The first kappa shape index (κ1) is 17.0. The largest absolute Gasteiger partial charge is 0.377 e. The van der Waals surface area contributed by atoms with Crippen molar-refractivity contribution < 1.29 is 9.53 Å². The first-order valence-electron chi connectivity index (χ1n) is 9.90. The van der Waals surface area contributed by atoms with Gasteiger partial charge in [0, 0.05) is 32.6 Å². The SMILES string of the molecule is O=C(CC1CC1)N1CCOCC12CCN(CCc1ccccc1)CC2. The van der Waals surface area contributed by atoms with Crippen LogP contribution in [0.25, 0.3) is 0 Å². The van der Waals surface area contributed by atoms with Gasteiger partial charge in [0.2, 0.25) is 5.91 Å². The van der Waals surface area contributed by atoms with Crippen LogP contribution in [0.5, 0.6) is 0 Å². The number of ether oxygens (including phenoxy) is 1. The fraction of sp³-hybridized carbons (Fsp3) is 0.667. The Hall–Kier alpha value is -1.39. The van der Waals surface area contributed by atoms with Gasteiger partial charge in [0.25, 0.3) is 0 Å². The van der Waals surface area contributed by atoms with Gasteiger partial charge < -0.3 is 14.5 Å². The number of morpholine rings is 1. The Balaban J connectivity index is 1.32. The average Bonchev–Trinajstić information content (AvgIpc) is 3.46. The number of hydrogen-bond donors (Lipinski definition) is 0. The lowest BCUT2D eigenvalue weighted by molar-refractivity contribution is -0.154. The number of rotatable bonds is 5. The van der Waals surface area contributed by atoms with E-state index in [2.05, 4.69) is 40.1 Å². The Morgan fingerprint density at radius 2 is 1.88 bits per heavy atom. The third-order valence-electron chi connectivity index (χ3n) is 6.21. The predicted molar refractivity (Wildman–Crippen MR) is 98.4 cm³/mol. The maximum absolute atomic E-state index is 12.8. The number of nitrogens with zero attached hydrogens (tertiary/aromatic N) is 2. The third kappa shape index (κ3) is 4.06. The second kappa shape index (κ2) is 7.46. The fourth-order valence-electron chi connectivity index (χ4n) is 4.34. The van der Waals surface area contributed by atoms with Gasteiger partial charge in [-0.15, -0.1) is 0 Å². The Kier molecular flexibility index (Phi) is 5.09. The van der Waals surface area contributed by atoms with Crippen LogP contribution in [0.15, 0.2) is 30.3 Å². The van der Waals surface area contributed by atoms with Crippen LogP contribution in [0, 0.1) is 5.92 Å². The summed E-state index contributed by atoms with van der Waals surface area (Å²) < 4.78 is 5.82. The van der Waals surface area contributed by atoms with Gasteiger partial charge in [-0.2, -0.15) is 0 Å². The van der Waals surface area contributed by atoms with Crippen molar-refractivity contribution in [3.8, 4) is 0 Å². The van der Waals surface area contributed by atoms with Crippen LogP contribution in [0.1, 0.15) is 37.7 Å². The summed E-state index contributed by atoms with van der Waals surface area (Å²) in [5.74, 6) is 1.04. The highest BCUT2D eigenvalue weighted by Crippen LogP contribution is 2.37. The molecule has 2 saturated heterocycles. The molecule has 0 aromatic heterocycles. The molecule has 1 aromatic carbocycles. The van der Waals surface area contributed by atoms with Crippen molar-refractivity contribution >= 4 is 5.91 Å². The lowest BCUT2D eigenvalue weighted by Crippen LogP contribution is -2.63. The van der Waals surface area contributed by atoms with E-state index in [-0.39, 0.29) is 5.54 Å². The van der Waals surface area contributed by atoms with Gasteiger partial charge in [0.15, 0.2) is 0 Å². The Labute approximate surface area is 151 Å². The molecule has 1 spiro atoms. The first-order chi connectivity index (χ1) is 12.3. The van der Waals surface area contributed by atoms with E-state index in [1.165, 1.54) is 18.4 Å². The number of likely N-dealkylation sites (tertiary alicyclic amines) is 1. The van der Waals surface area contributed by atoms with Gasteiger partial charge in [-0.3, -0.25) is 4.79 Å². The molecular formula is C21H30N2O2. The van der Waals surface area contributed by atoms with Crippen molar-refractivity contribution in [1.82, 2.24) is 9.80 Å². The van der Waals surface area contributed by atoms with Crippen LogP contribution >= 0.6 is 0 Å². The maximum atomic E-state index is 12.8. The second-order valence-corrected chi connectivity index (χ2v) is 8.05. The van der Waals surface area contributed by atoms with Crippen LogP contribution in [-0.2, 0) is 16.0 Å². The van der Waals surface area contributed by atoms with Gasteiger partial charge in [-0.1, -0.05) is 30.3 Å². The van der Waals surface area contributed by atoms with E-state index in [1.54, 1.807) is 0 Å². The molecule has 3 aliphatic rings. The number of piperidine rings is 1. The number of carbonyl (C=O) groups excluding carboxylic acids is 1. The normalized spacial score (nSPS) is 23.8. The van der Waals surface area contributed by atoms with E-state index in [1.807, 2.05) is 0 Å². The highest BCUT2D eigenvalue weighted by atomic mass is 16.5. The van der Waals surface area contributed by atoms with Crippen LogP contribution in [0.3, 0.4) is 0 Å². The molecule has 3 fully saturated rings. The molecule has 1 saturated carbocycles. The molecule has 2 aliphatic heterocycles. The first-order valence-corrected chi connectivity index (χ1v) is 9.90. The smallest absolute Gasteiger partial charge is 0.223 e. The maximum Gasteiger partial charge on any atom is 0.223 e. The molecular weight excluding hydrogens is 312 g/mol. The van der Waals surface area contributed by atoms with E-state index < -0.39 is 0 Å². The molecule has 2 heterocycles. The molecule has 136 valence electrons. The molecule has 0 atom stereocenters. The summed E-state index contributed by atoms with van der Waals surface area (Å²) in [6.45, 7) is 5.48. The van der Waals surface area contributed by atoms with Crippen molar-refractivity contribution in [2.75, 3.05) is 39.4 Å². The van der Waals surface area contributed by atoms with Gasteiger partial charge in [0.1, 0.15) is 0 Å². The molecule has 1 aliphatic carbocycles. The Bertz CT molecular complexity index is 577. The monoisotopic (exact) mass is 342 g/mol. The summed E-state index contributed by atoms with van der Waals surface area (Å²) in [6, 6.07) is 10.7. The summed E-state index contributed by atoms with van der Waals surface area (Å²) in [7, 11) is 0. The molecule has 0 radical (unpaired) electrons. The number of carbonyl (C=O) groups is 1. The predicted octanol–water partition coefficient (Wildman–Crippen LogP) is 2.72. The highest BCUT2D eigenvalue weighted by molar-refractivity contribution is 5.77. The van der Waals surface area contributed by atoms with E-state index in [0.717, 1.165) is 58.5 Å². The standard InChI is InChI=1S/C21H30N2O2/c24-20(16-19-6-7-19)23-14-15-25-17-21(23)9-12-22(13-10-21)11-8-18-4-2-1-3-5-18/h1-5,19H,6-17H2. The number of amides is 1. The summed E-state index contributed by atoms with van der Waals surface area (Å²) in [6.07, 6.45) is 6.47. The van der Waals surface area contributed by atoms with Gasteiger partial charge in [-0.05, 0) is 43.6 Å². The number of benzene rings is 1. The van der Waals surface area contributed by atoms with Gasteiger partial charge >= 0.3 is 0 Å². The zero-order valence-corrected chi connectivity index (χ0v) is 15.2. The lowest BCUT2D eigenvalue weighted by atomic mass is 9.84. The third-order valence-corrected chi connectivity index (χ3v) is 6.21. The highest BCUT2D eigenvalue weighted by Gasteiger charge is 2.45. The molecule has 0 N–H and O–H groups in total. The minimum absolute atomic E-state index is 0.0343. The zero-order chi connectivity index (χ0) is 17.1. The van der Waals surface area contributed by atoms with E-state index in [4.69, 9.17) is 4.74 Å². The minimum atomic E-state index is -0.0343. The minimum Gasteiger partial charge on any atom is -0.377 e. The van der Waals surface area contributed by atoms with Crippen LogP contribution in [-0.4, -0.2) is 60.6 Å². The Morgan fingerprint density at radius 1 is 1.12 bits per heavy atom. The molecule has 25 heavy (non-hydrogen) atoms. The van der Waals surface area contributed by atoms with Crippen molar-refractivity contribution in [3.05, 3.63) is 35.9 Å². The quantitative estimate of drug-likeness (QED) is 0.825. The summed E-state index contributed by atoms with van der Waals surface area (Å²) in [5, 5.41) is 0. The second-order valence-electron chi connectivity index (χ2n) is 8.05. The van der Waals surface area contributed by atoms with Crippen molar-refractivity contribution in [2.45, 2.75) is 44.1 Å². The van der Waals surface area contributed by atoms with E-state index in [0.29, 0.717) is 18.4 Å². The van der Waals surface area contributed by atoms with Gasteiger partial charge in [-0.25, -0.2) is 0 Å². The molecule has 0 unspecified atom stereocenters. The molecule has 1 aromatic rings. The zero-order valence-electron chi connectivity index (χ0n) is 15.2. The summed E-state index contributed by atoms with van der Waals surface area (Å²) in [5.41, 5.74) is 1.37. The van der Waals surface area contributed by atoms with Crippen molar-refractivity contribution in [1.29, 1.82) is 0 Å². The lowest BCUT2D eigenvalue weighted by Gasteiger charge is -2.51. The van der Waals surface area contributed by atoms with E-state index >= 15 is 0 Å². The van der Waals surface area contributed by atoms with Crippen molar-refractivity contribution in [3.63, 3.8) is 0 Å². The summed E-state index contributed by atoms with van der Waals surface area (Å²) in [4.78, 5) is 17.5. The molecule has 1 amide bonds. The molecule has 4 heteroatoms. The van der Waals surface area contributed by atoms with Gasteiger partial charge in [0.05, 0.1) is 18.8 Å². The topological polar surface area (TPSA) is 32.8 Å². The van der Waals surface area contributed by atoms with E-state index in [9.17, 15) is 4.79 Å². The van der Waals surface area contributed by atoms with Crippen LogP contribution in [0.2, 0.25) is 0 Å².